The number of aromatic nitrogens is 2. The quantitative estimate of drug-likeness (QED) is 0.587. The van der Waals surface area contributed by atoms with Gasteiger partial charge < -0.3 is 14.2 Å². The van der Waals surface area contributed by atoms with Crippen LogP contribution < -0.4 is 15.0 Å². The van der Waals surface area contributed by atoms with Crippen LogP contribution in [-0.2, 0) is 10.9 Å². The number of halogens is 5. The van der Waals surface area contributed by atoms with E-state index in [4.69, 9.17) is 25.8 Å². The third-order valence-corrected chi connectivity index (χ3v) is 3.23. The van der Waals surface area contributed by atoms with Crippen LogP contribution in [0.15, 0.2) is 23.0 Å². The van der Waals surface area contributed by atoms with Crippen molar-refractivity contribution in [2.75, 3.05) is 21.0 Å². The number of rotatable bonds is 5. The molecule has 136 valence electrons. The van der Waals surface area contributed by atoms with Crippen LogP contribution in [0.1, 0.15) is 5.69 Å². The van der Waals surface area contributed by atoms with Crippen LogP contribution in [0.5, 0.6) is 11.8 Å². The van der Waals surface area contributed by atoms with E-state index in [-0.39, 0.29) is 23.6 Å². The second-order valence-electron chi connectivity index (χ2n) is 4.58. The molecule has 25 heavy (non-hydrogen) atoms. The van der Waals surface area contributed by atoms with Gasteiger partial charge in [-0.25, -0.2) is 8.96 Å². The molecule has 0 atom stereocenters. The highest BCUT2D eigenvalue weighted by atomic mass is 35.5. The summed E-state index contributed by atoms with van der Waals surface area (Å²) in [7, 11) is 2.33. The summed E-state index contributed by atoms with van der Waals surface area (Å²) in [6.45, 7) is -0.220. The van der Waals surface area contributed by atoms with Crippen molar-refractivity contribution in [3.05, 3.63) is 45.1 Å². The van der Waals surface area contributed by atoms with Gasteiger partial charge >= 0.3 is 12.2 Å². The second kappa shape index (κ2) is 7.28. The molecular weight excluding hydrogens is 372 g/mol. The summed E-state index contributed by atoms with van der Waals surface area (Å²) in [4.78, 5) is 15.3. The van der Waals surface area contributed by atoms with Crippen LogP contribution in [0.4, 0.5) is 17.6 Å². The lowest BCUT2D eigenvalue weighted by atomic mass is 10.2. The molecule has 0 unspecified atom stereocenters. The van der Waals surface area contributed by atoms with Gasteiger partial charge in [0.2, 0.25) is 0 Å². The number of nitrogens with zero attached hydrogens (tertiary/aromatic N) is 2. The molecule has 2 aromatic rings. The fraction of sp³-hybridized carbons (Fsp3) is 0.286. The molecule has 1 heterocycles. The number of benzene rings is 1. The van der Waals surface area contributed by atoms with E-state index in [0.29, 0.717) is 4.57 Å². The smallest absolute Gasteiger partial charge is 0.433 e. The average molecular weight is 383 g/mol. The molecule has 1 aromatic heterocycles. The van der Waals surface area contributed by atoms with Crippen LogP contribution >= 0.6 is 11.6 Å². The van der Waals surface area contributed by atoms with Crippen molar-refractivity contribution >= 4 is 11.6 Å². The van der Waals surface area contributed by atoms with Gasteiger partial charge in [-0.05, 0) is 6.07 Å². The lowest BCUT2D eigenvalue weighted by Crippen LogP contribution is -2.25. The Kier molecular flexibility index (Phi) is 5.53. The summed E-state index contributed by atoms with van der Waals surface area (Å²) in [5.74, 6) is -1.04. The number of methoxy groups -OCH3 is 2. The number of ether oxygens (including phenoxy) is 3. The number of alkyl halides is 3. The van der Waals surface area contributed by atoms with Gasteiger partial charge in [-0.1, -0.05) is 11.6 Å². The fourth-order valence-corrected chi connectivity index (χ4v) is 2.09. The molecule has 11 heteroatoms. The van der Waals surface area contributed by atoms with E-state index in [2.05, 4.69) is 4.98 Å². The van der Waals surface area contributed by atoms with Crippen molar-refractivity contribution in [2.24, 2.45) is 0 Å². The minimum absolute atomic E-state index is 0.0474. The van der Waals surface area contributed by atoms with Crippen LogP contribution in [0.2, 0.25) is 5.02 Å². The maximum Gasteiger partial charge on any atom is 0.433 e. The van der Waals surface area contributed by atoms with Crippen LogP contribution in [0.25, 0.3) is 5.69 Å². The van der Waals surface area contributed by atoms with Gasteiger partial charge in [-0.2, -0.15) is 18.2 Å². The number of hydrogen-bond acceptors (Lipinski definition) is 5. The first-order valence-corrected chi connectivity index (χ1v) is 6.93. The Labute approximate surface area is 143 Å². The molecule has 0 aliphatic heterocycles. The lowest BCUT2D eigenvalue weighted by molar-refractivity contribution is -0.141. The summed E-state index contributed by atoms with van der Waals surface area (Å²) in [5, 5.41) is -0.120. The molecule has 6 nitrogen and oxygen atoms in total. The van der Waals surface area contributed by atoms with E-state index in [0.717, 1.165) is 19.2 Å². The Bertz CT molecular complexity index is 839. The molecule has 0 N–H and O–H groups in total. The predicted octanol–water partition coefficient (Wildman–Crippen LogP) is 3.04. The van der Waals surface area contributed by atoms with Crippen molar-refractivity contribution in [2.45, 2.75) is 6.18 Å². The molecule has 0 radical (unpaired) electrons. The lowest BCUT2D eigenvalue weighted by Gasteiger charge is -2.15. The van der Waals surface area contributed by atoms with Crippen molar-refractivity contribution in [3.63, 3.8) is 0 Å². The standard InChI is InChI=1S/C14H11ClF4N2O4/c1-23-6-25-10-4-9(8(16)3-7(10)15)21-12(22)5-11(14(17,18)19)20-13(21)24-2/h3-5H,6H2,1-2H3. The molecule has 0 aliphatic rings. The largest absolute Gasteiger partial charge is 0.468 e. The van der Waals surface area contributed by atoms with E-state index in [1.165, 1.54) is 7.11 Å². The van der Waals surface area contributed by atoms with E-state index in [1.54, 1.807) is 0 Å². The van der Waals surface area contributed by atoms with Crippen molar-refractivity contribution < 1.29 is 31.8 Å². The van der Waals surface area contributed by atoms with E-state index in [1.807, 2.05) is 0 Å². The average Bonchev–Trinajstić information content (AvgIpc) is 2.53. The summed E-state index contributed by atoms with van der Waals surface area (Å²) < 4.78 is 67.6. The van der Waals surface area contributed by atoms with E-state index in [9.17, 15) is 22.4 Å². The zero-order valence-corrected chi connectivity index (χ0v) is 13.6. The van der Waals surface area contributed by atoms with Gasteiger partial charge in [0.15, 0.2) is 12.5 Å². The zero-order valence-electron chi connectivity index (χ0n) is 12.9. The molecule has 0 spiro atoms. The van der Waals surface area contributed by atoms with Gasteiger partial charge in [0.1, 0.15) is 11.6 Å². The van der Waals surface area contributed by atoms with Gasteiger partial charge in [0, 0.05) is 19.2 Å². The normalized spacial score (nSPS) is 11.5. The first kappa shape index (κ1) is 19.0. The van der Waals surface area contributed by atoms with Crippen LogP contribution in [0, 0.1) is 5.82 Å². The summed E-state index contributed by atoms with van der Waals surface area (Å²) in [5.41, 5.74) is -3.10. The first-order valence-electron chi connectivity index (χ1n) is 6.55. The summed E-state index contributed by atoms with van der Waals surface area (Å²) in [6.07, 6.45) is -4.86. The molecule has 0 bridgehead atoms. The van der Waals surface area contributed by atoms with Gasteiger partial charge in [-0.3, -0.25) is 4.79 Å². The Morgan fingerprint density at radius 2 is 1.92 bits per heavy atom. The Balaban J connectivity index is 2.67. The second-order valence-corrected chi connectivity index (χ2v) is 4.99. The van der Waals surface area contributed by atoms with Gasteiger partial charge in [-0.15, -0.1) is 0 Å². The topological polar surface area (TPSA) is 62.6 Å². The van der Waals surface area contributed by atoms with Crippen LogP contribution in [-0.4, -0.2) is 30.6 Å². The highest BCUT2D eigenvalue weighted by molar-refractivity contribution is 6.32. The molecule has 0 saturated carbocycles. The van der Waals surface area contributed by atoms with Crippen molar-refractivity contribution in [3.8, 4) is 17.4 Å². The molecule has 1 aromatic carbocycles. The monoisotopic (exact) mass is 382 g/mol. The molecule has 0 saturated heterocycles. The van der Waals surface area contributed by atoms with E-state index >= 15 is 0 Å². The molecule has 0 amide bonds. The maximum absolute atomic E-state index is 14.2. The van der Waals surface area contributed by atoms with Gasteiger partial charge in [0.25, 0.3) is 5.56 Å². The van der Waals surface area contributed by atoms with E-state index < -0.39 is 34.9 Å². The molecule has 0 fully saturated rings. The van der Waals surface area contributed by atoms with Gasteiger partial charge in [0.05, 0.1) is 17.8 Å². The SMILES string of the molecule is COCOc1cc(-n2c(OC)nc(C(F)(F)F)cc2=O)c(F)cc1Cl. The minimum Gasteiger partial charge on any atom is -0.468 e. The summed E-state index contributed by atoms with van der Waals surface area (Å²) in [6, 6.07) is 1.34. The first-order chi connectivity index (χ1) is 11.7. The van der Waals surface area contributed by atoms with Crippen molar-refractivity contribution in [1.29, 1.82) is 0 Å². The molecular formula is C14H11ClF4N2O4. The maximum atomic E-state index is 14.2. The Morgan fingerprint density at radius 3 is 2.48 bits per heavy atom. The Hall–Kier alpha value is -2.33. The Morgan fingerprint density at radius 1 is 1.24 bits per heavy atom. The van der Waals surface area contributed by atoms with Crippen LogP contribution in [0.3, 0.4) is 0 Å². The summed E-state index contributed by atoms with van der Waals surface area (Å²) >= 11 is 5.82. The number of hydrogen-bond donors (Lipinski definition) is 0. The predicted molar refractivity (Wildman–Crippen MR) is 78.9 cm³/mol. The highest BCUT2D eigenvalue weighted by Gasteiger charge is 2.34. The highest BCUT2D eigenvalue weighted by Crippen LogP contribution is 2.32. The fourth-order valence-electron chi connectivity index (χ4n) is 1.89. The zero-order chi connectivity index (χ0) is 18.8. The molecule has 2 rings (SSSR count). The van der Waals surface area contributed by atoms with Crippen molar-refractivity contribution in [1.82, 2.24) is 9.55 Å². The third kappa shape index (κ3) is 4.02. The minimum atomic E-state index is -4.86. The third-order valence-electron chi connectivity index (χ3n) is 2.94. The molecule has 0 aliphatic carbocycles.